The van der Waals surface area contributed by atoms with Crippen molar-refractivity contribution >= 4 is 16.0 Å². The van der Waals surface area contributed by atoms with E-state index in [1.54, 1.807) is 13.8 Å². The fourth-order valence-corrected chi connectivity index (χ4v) is 2.49. The third-order valence-electron chi connectivity index (χ3n) is 2.28. The fourth-order valence-electron chi connectivity index (χ4n) is 1.36. The SMILES string of the molecule is CCOC(C)(C)CNS(=O)(=O)c1ccc(C(=O)O)o1. The summed E-state index contributed by atoms with van der Waals surface area (Å²) in [7, 11) is -3.88. The first-order valence-electron chi connectivity index (χ1n) is 5.65. The Morgan fingerprint density at radius 1 is 1.47 bits per heavy atom. The van der Waals surface area contributed by atoms with Gasteiger partial charge >= 0.3 is 5.97 Å². The molecule has 0 aliphatic carbocycles. The number of nitrogens with one attached hydrogen (secondary N) is 1. The Labute approximate surface area is 111 Å². The maximum atomic E-state index is 11.9. The highest BCUT2D eigenvalue weighted by Gasteiger charge is 2.25. The largest absolute Gasteiger partial charge is 0.475 e. The molecule has 0 unspecified atom stereocenters. The minimum atomic E-state index is -3.88. The van der Waals surface area contributed by atoms with Gasteiger partial charge < -0.3 is 14.3 Å². The molecule has 1 heterocycles. The van der Waals surface area contributed by atoms with Gasteiger partial charge in [0.2, 0.25) is 10.9 Å². The van der Waals surface area contributed by atoms with Crippen molar-refractivity contribution in [2.24, 2.45) is 0 Å². The first-order chi connectivity index (χ1) is 8.68. The van der Waals surface area contributed by atoms with Gasteiger partial charge in [-0.3, -0.25) is 0 Å². The summed E-state index contributed by atoms with van der Waals surface area (Å²) in [6.45, 7) is 5.79. The standard InChI is InChI=1S/C11H17NO6S/c1-4-17-11(2,3)7-12-19(15,16)9-6-5-8(18-9)10(13)14/h5-6,12H,4,7H2,1-3H3,(H,13,14). The number of aromatic carboxylic acids is 1. The van der Waals surface area contributed by atoms with Crippen molar-refractivity contribution in [1.82, 2.24) is 4.72 Å². The lowest BCUT2D eigenvalue weighted by Crippen LogP contribution is -2.40. The molecule has 1 aromatic heterocycles. The molecular weight excluding hydrogens is 274 g/mol. The van der Waals surface area contributed by atoms with E-state index in [1.807, 2.05) is 6.92 Å². The Kier molecular flexibility index (Phi) is 4.72. The van der Waals surface area contributed by atoms with Gasteiger partial charge in [-0.05, 0) is 32.9 Å². The monoisotopic (exact) mass is 291 g/mol. The van der Waals surface area contributed by atoms with Crippen molar-refractivity contribution in [2.45, 2.75) is 31.5 Å². The molecule has 1 aromatic rings. The zero-order valence-corrected chi connectivity index (χ0v) is 11.8. The van der Waals surface area contributed by atoms with Crippen LogP contribution in [0.25, 0.3) is 0 Å². The second kappa shape index (κ2) is 5.72. The van der Waals surface area contributed by atoms with Crippen LogP contribution in [0.4, 0.5) is 0 Å². The van der Waals surface area contributed by atoms with Gasteiger partial charge in [0.25, 0.3) is 10.0 Å². The number of furan rings is 1. The molecule has 0 spiro atoms. The normalized spacial score (nSPS) is 12.6. The molecule has 0 amide bonds. The van der Waals surface area contributed by atoms with Gasteiger partial charge in [0.05, 0.1) is 5.60 Å². The Morgan fingerprint density at radius 2 is 2.11 bits per heavy atom. The molecule has 8 heteroatoms. The first-order valence-corrected chi connectivity index (χ1v) is 7.13. The van der Waals surface area contributed by atoms with Gasteiger partial charge in [-0.15, -0.1) is 0 Å². The number of hydrogen-bond donors (Lipinski definition) is 2. The van der Waals surface area contributed by atoms with E-state index in [9.17, 15) is 13.2 Å². The van der Waals surface area contributed by atoms with Crippen LogP contribution in [0.3, 0.4) is 0 Å². The van der Waals surface area contributed by atoms with Crippen LogP contribution in [0, 0.1) is 0 Å². The van der Waals surface area contributed by atoms with Crippen LogP contribution < -0.4 is 4.72 Å². The highest BCUT2D eigenvalue weighted by Crippen LogP contribution is 2.15. The summed E-state index contributed by atoms with van der Waals surface area (Å²) in [6.07, 6.45) is 0. The highest BCUT2D eigenvalue weighted by molar-refractivity contribution is 7.89. The number of sulfonamides is 1. The molecule has 0 radical (unpaired) electrons. The zero-order valence-electron chi connectivity index (χ0n) is 11.0. The summed E-state index contributed by atoms with van der Waals surface area (Å²) >= 11 is 0. The van der Waals surface area contributed by atoms with Crippen molar-refractivity contribution in [2.75, 3.05) is 13.2 Å². The number of carbonyl (C=O) groups is 1. The lowest BCUT2D eigenvalue weighted by atomic mass is 10.1. The van der Waals surface area contributed by atoms with Crippen LogP contribution in [-0.4, -0.2) is 38.2 Å². The van der Waals surface area contributed by atoms with Gasteiger partial charge in [-0.2, -0.15) is 0 Å². The molecule has 2 N–H and O–H groups in total. The number of carboxylic acids is 1. The number of rotatable bonds is 7. The minimum absolute atomic E-state index is 0.0479. The molecule has 0 aliphatic heterocycles. The highest BCUT2D eigenvalue weighted by atomic mass is 32.2. The average molecular weight is 291 g/mol. The second-order valence-electron chi connectivity index (χ2n) is 4.44. The zero-order chi connectivity index (χ0) is 14.7. The Morgan fingerprint density at radius 3 is 2.58 bits per heavy atom. The van der Waals surface area contributed by atoms with Gasteiger partial charge in [0.15, 0.2) is 0 Å². The number of ether oxygens (including phenoxy) is 1. The van der Waals surface area contributed by atoms with Crippen LogP contribution in [-0.2, 0) is 14.8 Å². The molecule has 0 atom stereocenters. The molecule has 0 saturated carbocycles. The summed E-state index contributed by atoms with van der Waals surface area (Å²) in [6, 6.07) is 2.18. The van der Waals surface area contributed by atoms with Crippen molar-refractivity contribution in [1.29, 1.82) is 0 Å². The first kappa shape index (κ1) is 15.7. The van der Waals surface area contributed by atoms with Crippen molar-refractivity contribution in [3.8, 4) is 0 Å². The van der Waals surface area contributed by atoms with E-state index in [4.69, 9.17) is 14.3 Å². The van der Waals surface area contributed by atoms with Crippen LogP contribution in [0.1, 0.15) is 31.3 Å². The third-order valence-corrected chi connectivity index (χ3v) is 3.55. The molecule has 1 rings (SSSR count). The second-order valence-corrected chi connectivity index (χ2v) is 6.14. The van der Waals surface area contributed by atoms with E-state index >= 15 is 0 Å². The Balaban J connectivity index is 2.78. The summed E-state index contributed by atoms with van der Waals surface area (Å²) < 4.78 is 36.1. The molecule has 108 valence electrons. The number of hydrogen-bond acceptors (Lipinski definition) is 5. The molecule has 0 saturated heterocycles. The lowest BCUT2D eigenvalue weighted by Gasteiger charge is -2.24. The maximum Gasteiger partial charge on any atom is 0.371 e. The van der Waals surface area contributed by atoms with Crippen LogP contribution in [0.5, 0.6) is 0 Å². The van der Waals surface area contributed by atoms with Crippen LogP contribution >= 0.6 is 0 Å². The van der Waals surface area contributed by atoms with E-state index in [-0.39, 0.29) is 6.54 Å². The van der Waals surface area contributed by atoms with E-state index in [0.717, 1.165) is 12.1 Å². The summed E-state index contributed by atoms with van der Waals surface area (Å²) in [5.41, 5.74) is -0.663. The van der Waals surface area contributed by atoms with Crippen molar-refractivity contribution < 1.29 is 27.5 Å². The molecule has 19 heavy (non-hydrogen) atoms. The third kappa shape index (κ3) is 4.34. The van der Waals surface area contributed by atoms with Gasteiger partial charge in [-0.1, -0.05) is 0 Å². The average Bonchev–Trinajstić information content (AvgIpc) is 2.77. The quantitative estimate of drug-likeness (QED) is 0.778. The Bertz CT molecular complexity index is 545. The molecule has 7 nitrogen and oxygen atoms in total. The van der Waals surface area contributed by atoms with Gasteiger partial charge in [0.1, 0.15) is 0 Å². The molecular formula is C11H17NO6S. The van der Waals surface area contributed by atoms with E-state index in [0.29, 0.717) is 6.61 Å². The minimum Gasteiger partial charge on any atom is -0.475 e. The molecule has 0 aliphatic rings. The lowest BCUT2D eigenvalue weighted by molar-refractivity contribution is -0.00521. The van der Waals surface area contributed by atoms with Crippen molar-refractivity contribution in [3.05, 3.63) is 17.9 Å². The van der Waals surface area contributed by atoms with E-state index in [1.165, 1.54) is 0 Å². The number of carboxylic acid groups (broad SMARTS) is 1. The Hall–Kier alpha value is -1.38. The molecule has 0 fully saturated rings. The maximum absolute atomic E-state index is 11.9. The van der Waals surface area contributed by atoms with Crippen molar-refractivity contribution in [3.63, 3.8) is 0 Å². The predicted octanol–water partition coefficient (Wildman–Crippen LogP) is 1.07. The summed E-state index contributed by atoms with van der Waals surface area (Å²) in [5.74, 6) is -1.75. The topological polar surface area (TPSA) is 106 Å². The summed E-state index contributed by atoms with van der Waals surface area (Å²) in [5, 5.41) is 8.23. The van der Waals surface area contributed by atoms with Crippen LogP contribution in [0.2, 0.25) is 0 Å². The molecule has 0 aromatic carbocycles. The van der Waals surface area contributed by atoms with E-state index < -0.39 is 32.4 Å². The fraction of sp³-hybridized carbons (Fsp3) is 0.545. The predicted molar refractivity (Wildman–Crippen MR) is 66.6 cm³/mol. The van der Waals surface area contributed by atoms with Crippen LogP contribution in [0.15, 0.2) is 21.6 Å². The van der Waals surface area contributed by atoms with Gasteiger partial charge in [0, 0.05) is 13.2 Å². The van der Waals surface area contributed by atoms with Gasteiger partial charge in [-0.25, -0.2) is 17.9 Å². The summed E-state index contributed by atoms with van der Waals surface area (Å²) in [4.78, 5) is 10.6. The smallest absolute Gasteiger partial charge is 0.371 e. The molecule has 0 bridgehead atoms. The van der Waals surface area contributed by atoms with E-state index in [2.05, 4.69) is 4.72 Å².